The Balaban J connectivity index is 1.73. The highest BCUT2D eigenvalue weighted by Gasteiger charge is 2.34. The van der Waals surface area contributed by atoms with Crippen LogP contribution in [0.4, 0.5) is 5.82 Å². The molecule has 3 rings (SSSR count). The van der Waals surface area contributed by atoms with Crippen LogP contribution in [-0.2, 0) is 4.74 Å². The van der Waals surface area contributed by atoms with E-state index in [1.54, 1.807) is 0 Å². The van der Waals surface area contributed by atoms with Gasteiger partial charge >= 0.3 is 0 Å². The summed E-state index contributed by atoms with van der Waals surface area (Å²) in [5.74, 6) is 0.804. The summed E-state index contributed by atoms with van der Waals surface area (Å²) in [7, 11) is 0. The molecule has 1 aliphatic rings. The molecule has 108 valence electrons. The first-order valence-electron chi connectivity index (χ1n) is 7.20. The Labute approximate surface area is 117 Å². The lowest BCUT2D eigenvalue weighted by molar-refractivity contribution is -0.0864. The van der Waals surface area contributed by atoms with Gasteiger partial charge in [0.05, 0.1) is 5.60 Å². The SMILES string of the molecule is CCC1(CC)CC(Nc2ccc3nnnn3n2)CCO1. The van der Waals surface area contributed by atoms with Crippen LogP contribution in [0.15, 0.2) is 12.1 Å². The Bertz CT molecular complexity index is 579. The van der Waals surface area contributed by atoms with Gasteiger partial charge in [-0.25, -0.2) is 0 Å². The first-order chi connectivity index (χ1) is 9.74. The van der Waals surface area contributed by atoms with Gasteiger partial charge < -0.3 is 10.1 Å². The quantitative estimate of drug-likeness (QED) is 0.915. The predicted molar refractivity (Wildman–Crippen MR) is 74.5 cm³/mol. The van der Waals surface area contributed by atoms with Crippen LogP contribution >= 0.6 is 0 Å². The number of nitrogens with zero attached hydrogens (tertiary/aromatic N) is 5. The van der Waals surface area contributed by atoms with Crippen molar-refractivity contribution in [2.45, 2.75) is 51.2 Å². The fourth-order valence-electron chi connectivity index (χ4n) is 2.83. The van der Waals surface area contributed by atoms with Crippen LogP contribution < -0.4 is 5.32 Å². The van der Waals surface area contributed by atoms with Crippen molar-refractivity contribution in [2.75, 3.05) is 11.9 Å². The topological polar surface area (TPSA) is 77.2 Å². The molecule has 0 aliphatic carbocycles. The lowest BCUT2D eigenvalue weighted by Gasteiger charge is -2.40. The number of tetrazole rings is 1. The molecule has 0 saturated carbocycles. The summed E-state index contributed by atoms with van der Waals surface area (Å²) in [5, 5.41) is 19.1. The molecule has 20 heavy (non-hydrogen) atoms. The third-order valence-corrected chi connectivity index (χ3v) is 4.20. The second-order valence-electron chi connectivity index (χ2n) is 5.32. The maximum absolute atomic E-state index is 5.99. The van der Waals surface area contributed by atoms with E-state index >= 15 is 0 Å². The average molecular weight is 276 g/mol. The molecule has 1 N–H and O–H groups in total. The lowest BCUT2D eigenvalue weighted by Crippen LogP contribution is -2.43. The van der Waals surface area contributed by atoms with Crippen LogP contribution in [-0.4, -0.2) is 43.5 Å². The number of hydrogen-bond acceptors (Lipinski definition) is 6. The van der Waals surface area contributed by atoms with Gasteiger partial charge in [-0.05, 0) is 48.2 Å². The molecule has 1 atom stereocenters. The number of rotatable bonds is 4. The van der Waals surface area contributed by atoms with Gasteiger partial charge in [0.15, 0.2) is 5.65 Å². The van der Waals surface area contributed by atoms with Crippen LogP contribution in [0.5, 0.6) is 0 Å². The van der Waals surface area contributed by atoms with E-state index in [9.17, 15) is 0 Å². The zero-order valence-corrected chi connectivity index (χ0v) is 11.9. The fraction of sp³-hybridized carbons (Fsp3) is 0.692. The number of anilines is 1. The molecule has 7 nitrogen and oxygen atoms in total. The van der Waals surface area contributed by atoms with Crippen LogP contribution in [0, 0.1) is 0 Å². The summed E-state index contributed by atoms with van der Waals surface area (Å²) < 4.78 is 7.43. The van der Waals surface area contributed by atoms with E-state index in [1.807, 2.05) is 12.1 Å². The van der Waals surface area contributed by atoms with Crippen molar-refractivity contribution in [2.24, 2.45) is 0 Å². The van der Waals surface area contributed by atoms with Crippen LogP contribution in [0.3, 0.4) is 0 Å². The molecule has 7 heteroatoms. The minimum atomic E-state index is 0.00876. The molecule has 1 unspecified atom stereocenters. The predicted octanol–water partition coefficient (Wildman–Crippen LogP) is 1.67. The molecule has 0 spiro atoms. The second-order valence-corrected chi connectivity index (χ2v) is 5.32. The molecule has 1 aliphatic heterocycles. The summed E-state index contributed by atoms with van der Waals surface area (Å²) >= 11 is 0. The normalized spacial score (nSPS) is 22.0. The first-order valence-corrected chi connectivity index (χ1v) is 7.20. The number of hydrogen-bond donors (Lipinski definition) is 1. The van der Waals surface area contributed by atoms with Gasteiger partial charge in [-0.15, -0.1) is 14.8 Å². The highest BCUT2D eigenvalue weighted by molar-refractivity contribution is 5.42. The van der Waals surface area contributed by atoms with Gasteiger partial charge in [-0.3, -0.25) is 0 Å². The smallest absolute Gasteiger partial charge is 0.200 e. The van der Waals surface area contributed by atoms with Crippen molar-refractivity contribution in [1.29, 1.82) is 0 Å². The van der Waals surface area contributed by atoms with E-state index in [4.69, 9.17) is 4.74 Å². The minimum absolute atomic E-state index is 0.00876. The molecular weight excluding hydrogens is 256 g/mol. The lowest BCUT2D eigenvalue weighted by atomic mass is 9.86. The second kappa shape index (κ2) is 5.32. The molecule has 0 aromatic carbocycles. The maximum atomic E-state index is 5.99. The van der Waals surface area contributed by atoms with E-state index in [1.165, 1.54) is 4.63 Å². The van der Waals surface area contributed by atoms with Gasteiger partial charge in [0.25, 0.3) is 0 Å². The highest BCUT2D eigenvalue weighted by atomic mass is 16.5. The Morgan fingerprint density at radius 2 is 2.25 bits per heavy atom. The van der Waals surface area contributed by atoms with E-state index in [2.05, 4.69) is 39.8 Å². The number of ether oxygens (including phenoxy) is 1. The summed E-state index contributed by atoms with van der Waals surface area (Å²) in [4.78, 5) is 0. The van der Waals surface area contributed by atoms with Crippen molar-refractivity contribution in [3.05, 3.63) is 12.1 Å². The van der Waals surface area contributed by atoms with E-state index in [0.717, 1.165) is 38.1 Å². The van der Waals surface area contributed by atoms with Crippen LogP contribution in [0.1, 0.15) is 39.5 Å². The standard InChI is InChI=1S/C13H20N6O/c1-3-13(4-2)9-10(7-8-20-13)14-11-5-6-12-15-17-18-19(12)16-11/h5-6,10H,3-4,7-9H2,1-2H3,(H,14,16). The van der Waals surface area contributed by atoms with Crippen molar-refractivity contribution < 1.29 is 4.74 Å². The van der Waals surface area contributed by atoms with Gasteiger partial charge in [-0.1, -0.05) is 13.8 Å². The number of fused-ring (bicyclic) bond motifs is 1. The number of nitrogens with one attached hydrogen (secondary N) is 1. The molecule has 2 aromatic heterocycles. The zero-order valence-electron chi connectivity index (χ0n) is 11.9. The van der Waals surface area contributed by atoms with E-state index in [-0.39, 0.29) is 5.60 Å². The van der Waals surface area contributed by atoms with Crippen molar-refractivity contribution >= 4 is 11.5 Å². The molecule has 1 fully saturated rings. The van der Waals surface area contributed by atoms with Gasteiger partial charge in [0.2, 0.25) is 0 Å². The summed E-state index contributed by atoms with van der Waals surface area (Å²) in [6.07, 6.45) is 4.09. The minimum Gasteiger partial charge on any atom is -0.375 e. The van der Waals surface area contributed by atoms with Gasteiger partial charge in [0.1, 0.15) is 5.82 Å². The van der Waals surface area contributed by atoms with Crippen LogP contribution in [0.2, 0.25) is 0 Å². The number of aromatic nitrogens is 5. The fourth-order valence-corrected chi connectivity index (χ4v) is 2.83. The third kappa shape index (κ3) is 2.45. The van der Waals surface area contributed by atoms with Crippen LogP contribution in [0.25, 0.3) is 5.65 Å². The Morgan fingerprint density at radius 1 is 1.40 bits per heavy atom. The first kappa shape index (κ1) is 13.2. The summed E-state index contributed by atoms with van der Waals surface area (Å²) in [6.45, 7) is 5.18. The van der Waals surface area contributed by atoms with E-state index in [0.29, 0.717) is 11.7 Å². The van der Waals surface area contributed by atoms with Crippen molar-refractivity contribution in [1.82, 2.24) is 25.3 Å². The summed E-state index contributed by atoms with van der Waals surface area (Å²) in [5.41, 5.74) is 0.661. The Hall–Kier alpha value is -1.76. The largest absolute Gasteiger partial charge is 0.375 e. The Kier molecular flexibility index (Phi) is 3.52. The zero-order chi connectivity index (χ0) is 14.0. The van der Waals surface area contributed by atoms with Crippen molar-refractivity contribution in [3.63, 3.8) is 0 Å². The maximum Gasteiger partial charge on any atom is 0.200 e. The molecular formula is C13H20N6O. The molecule has 3 heterocycles. The molecule has 0 radical (unpaired) electrons. The molecule has 0 bridgehead atoms. The summed E-state index contributed by atoms with van der Waals surface area (Å²) in [6, 6.07) is 4.16. The monoisotopic (exact) mass is 276 g/mol. The van der Waals surface area contributed by atoms with Gasteiger partial charge in [0, 0.05) is 12.6 Å². The third-order valence-electron chi connectivity index (χ3n) is 4.20. The molecule has 0 amide bonds. The van der Waals surface area contributed by atoms with Crippen molar-refractivity contribution in [3.8, 4) is 0 Å². The Morgan fingerprint density at radius 3 is 3.05 bits per heavy atom. The van der Waals surface area contributed by atoms with Gasteiger partial charge in [-0.2, -0.15) is 0 Å². The van der Waals surface area contributed by atoms with E-state index < -0.39 is 0 Å². The average Bonchev–Trinajstić information content (AvgIpc) is 2.95. The molecule has 2 aromatic rings. The highest BCUT2D eigenvalue weighted by Crippen LogP contribution is 2.32. The molecule has 1 saturated heterocycles.